The molecule has 2 rings (SSSR count). The van der Waals surface area contributed by atoms with E-state index in [4.69, 9.17) is 4.74 Å². The zero-order chi connectivity index (χ0) is 11.9. The van der Waals surface area contributed by atoms with Gasteiger partial charge in [-0.25, -0.2) is 0 Å². The summed E-state index contributed by atoms with van der Waals surface area (Å²) in [6.07, 6.45) is 2.83. The summed E-state index contributed by atoms with van der Waals surface area (Å²) in [6.45, 7) is 0. The van der Waals surface area contributed by atoms with Crippen LogP contribution in [0.4, 0.5) is 0 Å². The maximum atomic E-state index is 11.7. The molecule has 0 spiro atoms. The van der Waals surface area contributed by atoms with E-state index >= 15 is 0 Å². The Labute approximate surface area is 100 Å². The average Bonchev–Trinajstić information content (AvgIpc) is 2.41. The number of ether oxygens (including phenoxy) is 1. The maximum absolute atomic E-state index is 11.7. The second kappa shape index (κ2) is 5.66. The number of rotatable bonds is 4. The lowest BCUT2D eigenvalue weighted by Gasteiger charge is -1.98. The molecule has 0 amide bonds. The number of ketones is 1. The molecule has 0 N–H and O–H groups in total. The Bertz CT molecular complexity index is 501. The van der Waals surface area contributed by atoms with Gasteiger partial charge in [0.15, 0.2) is 5.78 Å². The van der Waals surface area contributed by atoms with Crippen LogP contribution >= 0.6 is 0 Å². The number of carbonyl (C=O) groups excluding carboxylic acids is 1. The lowest BCUT2D eigenvalue weighted by Crippen LogP contribution is -1.94. The van der Waals surface area contributed by atoms with Crippen LogP contribution in [0.5, 0.6) is 5.75 Å². The first-order valence-corrected chi connectivity index (χ1v) is 5.34. The minimum atomic E-state index is -0.0680. The largest absolute Gasteiger partial charge is 0.465 e. The quantitative estimate of drug-likeness (QED) is 0.451. The molecule has 17 heavy (non-hydrogen) atoms. The minimum absolute atomic E-state index is 0.0680. The molecule has 2 nitrogen and oxygen atoms in total. The van der Waals surface area contributed by atoms with E-state index in [9.17, 15) is 4.79 Å². The molecular formula is C15H12O2. The van der Waals surface area contributed by atoms with Crippen LogP contribution < -0.4 is 4.74 Å². The number of hydrogen-bond donors (Lipinski definition) is 0. The monoisotopic (exact) mass is 224 g/mol. The standard InChI is InChI=1S/C15H12O2/c16-15(13-7-3-1-4-8-13)11-12-17-14-9-5-2-6-10-14/h1-12H. The third-order valence-corrected chi connectivity index (χ3v) is 2.23. The highest BCUT2D eigenvalue weighted by atomic mass is 16.5. The van der Waals surface area contributed by atoms with E-state index in [1.54, 1.807) is 12.1 Å². The topological polar surface area (TPSA) is 26.3 Å². The molecule has 0 unspecified atom stereocenters. The van der Waals surface area contributed by atoms with E-state index in [1.807, 2.05) is 48.5 Å². The number of hydrogen-bond acceptors (Lipinski definition) is 2. The third-order valence-electron chi connectivity index (χ3n) is 2.23. The summed E-state index contributed by atoms with van der Waals surface area (Å²) in [4.78, 5) is 11.7. The van der Waals surface area contributed by atoms with E-state index in [2.05, 4.69) is 0 Å². The number of benzene rings is 2. The van der Waals surface area contributed by atoms with Gasteiger partial charge in [0.25, 0.3) is 0 Å². The van der Waals surface area contributed by atoms with Crippen molar-refractivity contribution in [3.63, 3.8) is 0 Å². The molecule has 0 aliphatic rings. The fourth-order valence-electron chi connectivity index (χ4n) is 1.37. The zero-order valence-corrected chi connectivity index (χ0v) is 9.24. The fourth-order valence-corrected chi connectivity index (χ4v) is 1.37. The third kappa shape index (κ3) is 3.31. The molecule has 0 atom stereocenters. The first-order chi connectivity index (χ1) is 8.36. The second-order valence-electron chi connectivity index (χ2n) is 3.46. The normalized spacial score (nSPS) is 10.4. The second-order valence-corrected chi connectivity index (χ2v) is 3.46. The summed E-state index contributed by atoms with van der Waals surface area (Å²) in [5.74, 6) is 0.645. The van der Waals surface area contributed by atoms with Crippen molar-refractivity contribution < 1.29 is 9.53 Å². The predicted octanol–water partition coefficient (Wildman–Crippen LogP) is 3.46. The highest BCUT2D eigenvalue weighted by molar-refractivity contribution is 6.04. The smallest absolute Gasteiger partial charge is 0.188 e. The van der Waals surface area contributed by atoms with E-state index in [0.29, 0.717) is 11.3 Å². The predicted molar refractivity (Wildman–Crippen MR) is 67.0 cm³/mol. The molecule has 0 aromatic heterocycles. The van der Waals surface area contributed by atoms with Crippen molar-refractivity contribution in [2.24, 2.45) is 0 Å². The molecule has 2 heteroatoms. The van der Waals surface area contributed by atoms with Crippen molar-refractivity contribution in [1.29, 1.82) is 0 Å². The van der Waals surface area contributed by atoms with Gasteiger partial charge >= 0.3 is 0 Å². The van der Waals surface area contributed by atoms with Crippen molar-refractivity contribution in [3.05, 3.63) is 78.6 Å². The Morgan fingerprint density at radius 1 is 0.882 bits per heavy atom. The number of allylic oxidation sites excluding steroid dienone is 1. The molecule has 0 aliphatic carbocycles. The van der Waals surface area contributed by atoms with Crippen molar-refractivity contribution in [2.45, 2.75) is 0 Å². The van der Waals surface area contributed by atoms with E-state index in [-0.39, 0.29) is 5.78 Å². The fraction of sp³-hybridized carbons (Fsp3) is 0. The molecule has 0 aliphatic heterocycles. The maximum Gasteiger partial charge on any atom is 0.188 e. The molecule has 0 radical (unpaired) electrons. The van der Waals surface area contributed by atoms with Gasteiger partial charge in [0.1, 0.15) is 5.75 Å². The van der Waals surface area contributed by atoms with E-state index in [1.165, 1.54) is 12.3 Å². The van der Waals surface area contributed by atoms with Crippen LogP contribution in [0.25, 0.3) is 0 Å². The first kappa shape index (κ1) is 11.1. The Morgan fingerprint density at radius 3 is 2.12 bits per heavy atom. The summed E-state index contributed by atoms with van der Waals surface area (Å²) < 4.78 is 5.30. The SMILES string of the molecule is O=C(C=COc1ccccc1)c1ccccc1. The van der Waals surface area contributed by atoms with Gasteiger partial charge < -0.3 is 4.74 Å². The molecule has 84 valence electrons. The minimum Gasteiger partial charge on any atom is -0.465 e. The van der Waals surface area contributed by atoms with Gasteiger partial charge in [0.2, 0.25) is 0 Å². The molecule has 2 aromatic rings. The van der Waals surface area contributed by atoms with Gasteiger partial charge in [-0.3, -0.25) is 4.79 Å². The van der Waals surface area contributed by atoms with E-state index < -0.39 is 0 Å². The molecule has 0 saturated heterocycles. The van der Waals surface area contributed by atoms with Gasteiger partial charge in [-0.1, -0.05) is 48.5 Å². The summed E-state index contributed by atoms with van der Waals surface area (Å²) in [6, 6.07) is 18.4. The van der Waals surface area contributed by atoms with Crippen LogP contribution in [-0.2, 0) is 0 Å². The van der Waals surface area contributed by atoms with Crippen LogP contribution in [0.1, 0.15) is 10.4 Å². The van der Waals surface area contributed by atoms with Gasteiger partial charge in [0.05, 0.1) is 6.26 Å². The van der Waals surface area contributed by atoms with Crippen LogP contribution in [0.3, 0.4) is 0 Å². The highest BCUT2D eigenvalue weighted by Crippen LogP contribution is 2.08. The van der Waals surface area contributed by atoms with Crippen molar-refractivity contribution >= 4 is 5.78 Å². The van der Waals surface area contributed by atoms with Gasteiger partial charge in [-0.05, 0) is 12.1 Å². The first-order valence-electron chi connectivity index (χ1n) is 5.34. The Balaban J connectivity index is 1.96. The Morgan fingerprint density at radius 2 is 1.47 bits per heavy atom. The van der Waals surface area contributed by atoms with E-state index in [0.717, 1.165) is 0 Å². The summed E-state index contributed by atoms with van der Waals surface area (Å²) >= 11 is 0. The Kier molecular flexibility index (Phi) is 3.71. The van der Waals surface area contributed by atoms with Gasteiger partial charge in [-0.2, -0.15) is 0 Å². The molecule has 0 heterocycles. The van der Waals surface area contributed by atoms with Gasteiger partial charge in [0, 0.05) is 11.6 Å². The summed E-state index contributed by atoms with van der Waals surface area (Å²) in [5.41, 5.74) is 0.653. The molecule has 0 saturated carbocycles. The summed E-state index contributed by atoms with van der Waals surface area (Å²) in [5, 5.41) is 0. The molecular weight excluding hydrogens is 212 g/mol. The molecule has 0 fully saturated rings. The number of carbonyl (C=O) groups is 1. The van der Waals surface area contributed by atoms with Crippen LogP contribution in [0.15, 0.2) is 73.0 Å². The van der Waals surface area contributed by atoms with Crippen LogP contribution in [0.2, 0.25) is 0 Å². The summed E-state index contributed by atoms with van der Waals surface area (Å²) in [7, 11) is 0. The molecule has 0 bridgehead atoms. The van der Waals surface area contributed by atoms with Crippen molar-refractivity contribution in [1.82, 2.24) is 0 Å². The average molecular weight is 224 g/mol. The lowest BCUT2D eigenvalue weighted by molar-refractivity contribution is 0.104. The van der Waals surface area contributed by atoms with Crippen LogP contribution in [-0.4, -0.2) is 5.78 Å². The van der Waals surface area contributed by atoms with Crippen LogP contribution in [0, 0.1) is 0 Å². The zero-order valence-electron chi connectivity index (χ0n) is 9.24. The van der Waals surface area contributed by atoms with Crippen molar-refractivity contribution in [2.75, 3.05) is 0 Å². The lowest BCUT2D eigenvalue weighted by atomic mass is 10.1. The van der Waals surface area contributed by atoms with Crippen molar-refractivity contribution in [3.8, 4) is 5.75 Å². The van der Waals surface area contributed by atoms with Gasteiger partial charge in [-0.15, -0.1) is 0 Å². The highest BCUT2D eigenvalue weighted by Gasteiger charge is 1.99. The number of para-hydroxylation sites is 1. The molecule has 2 aromatic carbocycles. The Hall–Kier alpha value is -2.35.